The normalized spacial score (nSPS) is 37.5. The summed E-state index contributed by atoms with van der Waals surface area (Å²) in [5.41, 5.74) is -1.03. The molecule has 8 heavy (non-hydrogen) atoms. The molecule has 1 heterocycles. The first-order valence-electron chi connectivity index (χ1n) is 1.84. The highest BCUT2D eigenvalue weighted by molar-refractivity contribution is 6.30. The molecule has 0 aromatic heterocycles. The van der Waals surface area contributed by atoms with Gasteiger partial charge in [-0.05, 0) is 11.6 Å². The Kier molecular flexibility index (Phi) is 1.60. The summed E-state index contributed by atoms with van der Waals surface area (Å²) in [6.45, 7) is 0. The van der Waals surface area contributed by atoms with Gasteiger partial charge in [-0.2, -0.15) is 0 Å². The lowest BCUT2D eigenvalue weighted by Gasteiger charge is -1.92. The van der Waals surface area contributed by atoms with Crippen molar-refractivity contribution in [1.29, 1.82) is 0 Å². The zero-order chi connectivity index (χ0) is 6.15. The Morgan fingerprint density at radius 2 is 2.12 bits per heavy atom. The smallest absolute Gasteiger partial charge is 0.354 e. The highest BCUT2D eigenvalue weighted by Crippen LogP contribution is 2.18. The standard InChI is InChI=1S/C3H2Cl2O3/c4-1-2(6)8-3(5)7-1/h1,3H. The van der Waals surface area contributed by atoms with Crippen LogP contribution in [0.1, 0.15) is 0 Å². The molecule has 3 nitrogen and oxygen atoms in total. The number of carbonyl (C=O) groups is 1. The molecule has 0 N–H and O–H groups in total. The van der Waals surface area contributed by atoms with E-state index in [0.717, 1.165) is 0 Å². The molecule has 2 atom stereocenters. The van der Waals surface area contributed by atoms with Gasteiger partial charge in [0.25, 0.3) is 5.75 Å². The summed E-state index contributed by atoms with van der Waals surface area (Å²) in [6.07, 6.45) is 0. The van der Waals surface area contributed by atoms with Crippen molar-refractivity contribution in [3.05, 3.63) is 0 Å². The molecule has 1 aliphatic rings. The lowest BCUT2D eigenvalue weighted by molar-refractivity contribution is -0.139. The lowest BCUT2D eigenvalue weighted by Crippen LogP contribution is -2.06. The first kappa shape index (κ1) is 6.13. The van der Waals surface area contributed by atoms with E-state index in [1.807, 2.05) is 0 Å². The zero-order valence-corrected chi connectivity index (χ0v) is 5.15. The van der Waals surface area contributed by atoms with Crippen LogP contribution in [-0.2, 0) is 14.3 Å². The Morgan fingerprint density at radius 3 is 2.25 bits per heavy atom. The number of halogens is 2. The third kappa shape index (κ3) is 1.05. The summed E-state index contributed by atoms with van der Waals surface area (Å²) in [5.74, 6) is -1.64. The monoisotopic (exact) mass is 156 g/mol. The van der Waals surface area contributed by atoms with Crippen LogP contribution in [0.25, 0.3) is 0 Å². The fourth-order valence-electron chi connectivity index (χ4n) is 0.322. The predicted octanol–water partition coefficient (Wildman–Crippen LogP) is 0.647. The summed E-state index contributed by atoms with van der Waals surface area (Å²) < 4.78 is 8.68. The maximum absolute atomic E-state index is 10.2. The zero-order valence-electron chi connectivity index (χ0n) is 3.64. The predicted molar refractivity (Wildman–Crippen MR) is 26.5 cm³/mol. The van der Waals surface area contributed by atoms with Gasteiger partial charge in [0, 0.05) is 0 Å². The van der Waals surface area contributed by atoms with Gasteiger partial charge in [-0.3, -0.25) is 4.74 Å². The quantitative estimate of drug-likeness (QED) is 0.382. The van der Waals surface area contributed by atoms with Crippen molar-refractivity contribution in [3.8, 4) is 0 Å². The molecular weight excluding hydrogens is 155 g/mol. The second-order valence-corrected chi connectivity index (χ2v) is 1.92. The van der Waals surface area contributed by atoms with Crippen LogP contribution in [-0.4, -0.2) is 17.3 Å². The molecule has 1 saturated heterocycles. The van der Waals surface area contributed by atoms with Crippen LogP contribution in [0.15, 0.2) is 0 Å². The van der Waals surface area contributed by atoms with E-state index in [9.17, 15) is 4.79 Å². The summed E-state index contributed by atoms with van der Waals surface area (Å²) in [7, 11) is 0. The van der Waals surface area contributed by atoms with E-state index in [4.69, 9.17) is 23.2 Å². The van der Waals surface area contributed by atoms with E-state index in [0.29, 0.717) is 0 Å². The van der Waals surface area contributed by atoms with Crippen LogP contribution in [0.5, 0.6) is 0 Å². The van der Waals surface area contributed by atoms with Crippen LogP contribution in [0.3, 0.4) is 0 Å². The van der Waals surface area contributed by atoms with Crippen molar-refractivity contribution in [3.63, 3.8) is 0 Å². The van der Waals surface area contributed by atoms with E-state index in [1.165, 1.54) is 0 Å². The van der Waals surface area contributed by atoms with E-state index >= 15 is 0 Å². The van der Waals surface area contributed by atoms with E-state index in [1.54, 1.807) is 0 Å². The van der Waals surface area contributed by atoms with E-state index in [-0.39, 0.29) is 0 Å². The van der Waals surface area contributed by atoms with Crippen LogP contribution < -0.4 is 0 Å². The highest BCUT2D eigenvalue weighted by Gasteiger charge is 2.31. The Labute approximate surface area is 55.5 Å². The molecule has 0 radical (unpaired) electrons. The maximum atomic E-state index is 10.2. The Balaban J connectivity index is 2.51. The number of cyclic esters (lactones) is 1. The number of hydrogen-bond acceptors (Lipinski definition) is 3. The Hall–Kier alpha value is 0.01000. The molecule has 0 saturated carbocycles. The SMILES string of the molecule is O=C1OC(Cl)OC1Cl. The minimum absolute atomic E-state index is 0.633. The number of alkyl halides is 2. The minimum atomic E-state index is -1.03. The fourth-order valence-corrected chi connectivity index (χ4v) is 0.710. The number of hydrogen-bond donors (Lipinski definition) is 0. The molecule has 0 aliphatic carbocycles. The summed E-state index contributed by atoms with van der Waals surface area (Å²) in [4.78, 5) is 10.2. The van der Waals surface area contributed by atoms with E-state index < -0.39 is 17.3 Å². The van der Waals surface area contributed by atoms with Gasteiger partial charge in [-0.15, -0.1) is 0 Å². The molecule has 2 unspecified atom stereocenters. The molecule has 0 aromatic carbocycles. The van der Waals surface area contributed by atoms with Crippen LogP contribution in [0.2, 0.25) is 0 Å². The molecule has 1 fully saturated rings. The minimum Gasteiger partial charge on any atom is -0.418 e. The van der Waals surface area contributed by atoms with Gasteiger partial charge in [0.05, 0.1) is 0 Å². The summed E-state index contributed by atoms with van der Waals surface area (Å²) in [5, 5.41) is 0. The third-order valence-electron chi connectivity index (χ3n) is 0.621. The second-order valence-electron chi connectivity index (χ2n) is 1.16. The topological polar surface area (TPSA) is 35.5 Å². The molecule has 1 aliphatic heterocycles. The number of carbonyl (C=O) groups excluding carboxylic acids is 1. The number of rotatable bonds is 0. The van der Waals surface area contributed by atoms with Crippen molar-refractivity contribution < 1.29 is 14.3 Å². The third-order valence-corrected chi connectivity index (χ3v) is 1.09. The summed E-state index contributed by atoms with van der Waals surface area (Å²) in [6, 6.07) is 0. The van der Waals surface area contributed by atoms with Crippen LogP contribution >= 0.6 is 23.2 Å². The van der Waals surface area contributed by atoms with Crippen LogP contribution in [0, 0.1) is 0 Å². The van der Waals surface area contributed by atoms with E-state index in [2.05, 4.69) is 9.47 Å². The van der Waals surface area contributed by atoms with Crippen molar-refractivity contribution in [2.75, 3.05) is 0 Å². The van der Waals surface area contributed by atoms with Gasteiger partial charge in [-0.25, -0.2) is 4.79 Å². The van der Waals surface area contributed by atoms with Gasteiger partial charge in [0.15, 0.2) is 0 Å². The largest absolute Gasteiger partial charge is 0.418 e. The molecule has 0 aromatic rings. The molecule has 0 bridgehead atoms. The molecule has 5 heteroatoms. The Bertz CT molecular complexity index is 115. The first-order valence-corrected chi connectivity index (χ1v) is 2.71. The average molecular weight is 157 g/mol. The molecule has 0 amide bonds. The molecule has 1 rings (SSSR count). The van der Waals surface area contributed by atoms with Crippen molar-refractivity contribution in [1.82, 2.24) is 0 Å². The van der Waals surface area contributed by atoms with Gasteiger partial charge in [0.2, 0.25) is 5.56 Å². The van der Waals surface area contributed by atoms with Crippen LogP contribution in [0.4, 0.5) is 0 Å². The van der Waals surface area contributed by atoms with Crippen molar-refractivity contribution in [2.45, 2.75) is 11.3 Å². The highest BCUT2D eigenvalue weighted by atomic mass is 35.5. The first-order chi connectivity index (χ1) is 3.70. The van der Waals surface area contributed by atoms with Gasteiger partial charge < -0.3 is 4.74 Å². The maximum Gasteiger partial charge on any atom is 0.354 e. The molecule has 0 spiro atoms. The van der Waals surface area contributed by atoms with Gasteiger partial charge >= 0.3 is 5.97 Å². The Morgan fingerprint density at radius 1 is 1.50 bits per heavy atom. The van der Waals surface area contributed by atoms with Crippen molar-refractivity contribution in [2.24, 2.45) is 0 Å². The van der Waals surface area contributed by atoms with Gasteiger partial charge in [-0.1, -0.05) is 11.6 Å². The molecule has 46 valence electrons. The number of ether oxygens (including phenoxy) is 2. The molecular formula is C3H2Cl2O3. The van der Waals surface area contributed by atoms with Gasteiger partial charge in [0.1, 0.15) is 0 Å². The summed E-state index contributed by atoms with van der Waals surface area (Å²) >= 11 is 10.3. The lowest BCUT2D eigenvalue weighted by atomic mass is 10.8. The van der Waals surface area contributed by atoms with Crippen molar-refractivity contribution >= 4 is 29.2 Å². The second kappa shape index (κ2) is 2.09. The number of esters is 1. The average Bonchev–Trinajstić information content (AvgIpc) is 1.85. The fraction of sp³-hybridized carbons (Fsp3) is 0.667.